The molecule has 0 aliphatic carbocycles. The summed E-state index contributed by atoms with van der Waals surface area (Å²) < 4.78 is 0. The number of aromatic carboxylic acids is 1. The smallest absolute Gasteiger partial charge is 0.336 e. The van der Waals surface area contributed by atoms with Crippen molar-refractivity contribution in [3.05, 3.63) is 59.8 Å². The third kappa shape index (κ3) is 3.42. The first-order valence-electron chi connectivity index (χ1n) is 7.72. The Balaban J connectivity index is 2.10. The maximum Gasteiger partial charge on any atom is 0.336 e. The molecule has 0 spiro atoms. The molecule has 0 fully saturated rings. The number of hydrogen-bond donors (Lipinski definition) is 3. The topological polar surface area (TPSA) is 91.3 Å². The van der Waals surface area contributed by atoms with E-state index in [2.05, 4.69) is 15.6 Å². The number of carbonyl (C=O) groups excluding carboxylic acids is 1. The summed E-state index contributed by atoms with van der Waals surface area (Å²) in [6.07, 6.45) is 1.63. The van der Waals surface area contributed by atoms with Gasteiger partial charge in [0, 0.05) is 29.9 Å². The van der Waals surface area contributed by atoms with Crippen molar-refractivity contribution in [2.45, 2.75) is 13.8 Å². The Morgan fingerprint density at radius 2 is 1.92 bits per heavy atom. The summed E-state index contributed by atoms with van der Waals surface area (Å²) in [5, 5.41) is 16.7. The quantitative estimate of drug-likeness (QED) is 0.671. The van der Waals surface area contributed by atoms with Gasteiger partial charge < -0.3 is 15.7 Å². The molecule has 0 aliphatic rings. The molecule has 1 aromatic heterocycles. The van der Waals surface area contributed by atoms with Gasteiger partial charge in [-0.2, -0.15) is 0 Å². The van der Waals surface area contributed by atoms with Crippen molar-refractivity contribution in [1.82, 2.24) is 4.98 Å². The van der Waals surface area contributed by atoms with Crippen molar-refractivity contribution >= 4 is 39.8 Å². The minimum absolute atomic E-state index is 0.161. The zero-order chi connectivity index (χ0) is 18.0. The number of benzene rings is 2. The third-order valence-corrected chi connectivity index (χ3v) is 3.83. The van der Waals surface area contributed by atoms with Crippen LogP contribution in [-0.2, 0) is 4.79 Å². The van der Waals surface area contributed by atoms with Crippen molar-refractivity contribution in [2.24, 2.45) is 0 Å². The van der Waals surface area contributed by atoms with E-state index in [9.17, 15) is 14.7 Å². The summed E-state index contributed by atoms with van der Waals surface area (Å²) >= 11 is 0. The molecule has 0 radical (unpaired) electrons. The number of carbonyl (C=O) groups is 2. The van der Waals surface area contributed by atoms with Crippen LogP contribution in [0.1, 0.15) is 22.8 Å². The predicted octanol–water partition coefficient (Wildman–Crippen LogP) is 3.94. The molecule has 3 N–H and O–H groups in total. The maximum absolute atomic E-state index is 11.6. The molecule has 126 valence electrons. The fourth-order valence-corrected chi connectivity index (χ4v) is 2.67. The van der Waals surface area contributed by atoms with E-state index >= 15 is 0 Å². The Morgan fingerprint density at radius 3 is 2.64 bits per heavy atom. The van der Waals surface area contributed by atoms with E-state index in [0.29, 0.717) is 16.9 Å². The van der Waals surface area contributed by atoms with Crippen molar-refractivity contribution < 1.29 is 14.7 Å². The highest BCUT2D eigenvalue weighted by Crippen LogP contribution is 2.30. The highest BCUT2D eigenvalue weighted by molar-refractivity contribution is 6.08. The van der Waals surface area contributed by atoms with Gasteiger partial charge in [-0.05, 0) is 42.1 Å². The van der Waals surface area contributed by atoms with Crippen molar-refractivity contribution in [2.75, 3.05) is 10.6 Å². The normalized spacial score (nSPS) is 10.5. The molecule has 25 heavy (non-hydrogen) atoms. The number of amides is 1. The van der Waals surface area contributed by atoms with Crippen molar-refractivity contribution in [3.63, 3.8) is 0 Å². The van der Waals surface area contributed by atoms with Gasteiger partial charge in [0.15, 0.2) is 0 Å². The standard InChI is InChI=1S/C19H17N3O3/c1-11-6-7-14(21-12(2)23)10-16(11)22-18-17-13(8-9-20-18)4-3-5-15(17)19(24)25/h3-10H,1-2H3,(H,20,22)(H,21,23)(H,24,25). The van der Waals surface area contributed by atoms with Gasteiger partial charge in [-0.25, -0.2) is 9.78 Å². The summed E-state index contributed by atoms with van der Waals surface area (Å²) in [6.45, 7) is 3.36. The number of aryl methyl sites for hydroxylation is 1. The van der Waals surface area contributed by atoms with E-state index in [0.717, 1.165) is 16.6 Å². The first-order valence-corrected chi connectivity index (χ1v) is 7.72. The van der Waals surface area contributed by atoms with Gasteiger partial charge in [0.25, 0.3) is 0 Å². The van der Waals surface area contributed by atoms with Crippen LogP contribution < -0.4 is 10.6 Å². The summed E-state index contributed by atoms with van der Waals surface area (Å²) in [6, 6.07) is 12.3. The molecule has 0 atom stereocenters. The zero-order valence-electron chi connectivity index (χ0n) is 13.8. The summed E-state index contributed by atoms with van der Waals surface area (Å²) in [4.78, 5) is 27.1. The second kappa shape index (κ2) is 6.60. The molecule has 1 amide bonds. The Morgan fingerprint density at radius 1 is 1.12 bits per heavy atom. The molecule has 0 saturated heterocycles. The fraction of sp³-hybridized carbons (Fsp3) is 0.105. The van der Waals surface area contributed by atoms with Crippen molar-refractivity contribution in [3.8, 4) is 0 Å². The van der Waals surface area contributed by atoms with E-state index in [1.165, 1.54) is 6.92 Å². The average Bonchev–Trinajstić information content (AvgIpc) is 2.57. The van der Waals surface area contributed by atoms with Crippen LogP contribution in [0.25, 0.3) is 10.8 Å². The number of carboxylic acid groups (broad SMARTS) is 1. The molecule has 3 aromatic rings. The second-order valence-corrected chi connectivity index (χ2v) is 5.70. The Kier molecular flexibility index (Phi) is 4.35. The summed E-state index contributed by atoms with van der Waals surface area (Å²) in [5.74, 6) is -0.713. The van der Waals surface area contributed by atoms with E-state index in [-0.39, 0.29) is 11.5 Å². The van der Waals surface area contributed by atoms with E-state index in [4.69, 9.17) is 0 Å². The average molecular weight is 335 g/mol. The highest BCUT2D eigenvalue weighted by atomic mass is 16.4. The minimum Gasteiger partial charge on any atom is -0.478 e. The lowest BCUT2D eigenvalue weighted by Crippen LogP contribution is -2.07. The van der Waals surface area contributed by atoms with Gasteiger partial charge in [-0.15, -0.1) is 0 Å². The molecule has 0 bridgehead atoms. The summed E-state index contributed by atoms with van der Waals surface area (Å²) in [5.41, 5.74) is 2.52. The molecule has 0 saturated carbocycles. The van der Waals surface area contributed by atoms with Crippen LogP contribution >= 0.6 is 0 Å². The minimum atomic E-state index is -1.01. The number of nitrogens with zero attached hydrogens (tertiary/aromatic N) is 1. The molecule has 0 aliphatic heterocycles. The molecule has 2 aromatic carbocycles. The van der Waals surface area contributed by atoms with Gasteiger partial charge in [-0.3, -0.25) is 4.79 Å². The monoisotopic (exact) mass is 335 g/mol. The molecule has 6 nitrogen and oxygen atoms in total. The number of carboxylic acids is 1. The lowest BCUT2D eigenvalue weighted by atomic mass is 10.1. The number of pyridine rings is 1. The molecule has 6 heteroatoms. The SMILES string of the molecule is CC(=O)Nc1ccc(C)c(Nc2nccc3cccc(C(=O)O)c23)c1. The molecular weight excluding hydrogens is 318 g/mol. The number of nitrogens with one attached hydrogen (secondary N) is 2. The van der Waals surface area contributed by atoms with Gasteiger partial charge in [-0.1, -0.05) is 18.2 Å². The Labute approximate surface area is 144 Å². The van der Waals surface area contributed by atoms with Crippen LogP contribution in [0.3, 0.4) is 0 Å². The summed E-state index contributed by atoms with van der Waals surface area (Å²) in [7, 11) is 0. The van der Waals surface area contributed by atoms with E-state index in [1.54, 1.807) is 36.5 Å². The lowest BCUT2D eigenvalue weighted by molar-refractivity contribution is -0.114. The van der Waals surface area contributed by atoms with Crippen LogP contribution in [0.2, 0.25) is 0 Å². The third-order valence-electron chi connectivity index (χ3n) is 3.83. The first kappa shape index (κ1) is 16.4. The number of anilines is 3. The van der Waals surface area contributed by atoms with Crippen LogP contribution in [0.4, 0.5) is 17.2 Å². The molecular formula is C19H17N3O3. The number of rotatable bonds is 4. The molecule has 0 unspecified atom stereocenters. The van der Waals surface area contributed by atoms with Crippen LogP contribution in [0, 0.1) is 6.92 Å². The van der Waals surface area contributed by atoms with Gasteiger partial charge in [0.1, 0.15) is 5.82 Å². The highest BCUT2D eigenvalue weighted by Gasteiger charge is 2.14. The fourth-order valence-electron chi connectivity index (χ4n) is 2.67. The van der Waals surface area contributed by atoms with Crippen LogP contribution in [0.5, 0.6) is 0 Å². The number of aromatic nitrogens is 1. The van der Waals surface area contributed by atoms with Gasteiger partial charge in [0.2, 0.25) is 5.91 Å². The number of hydrogen-bond acceptors (Lipinski definition) is 4. The molecule has 1 heterocycles. The van der Waals surface area contributed by atoms with E-state index < -0.39 is 5.97 Å². The Hall–Kier alpha value is -3.41. The van der Waals surface area contributed by atoms with E-state index in [1.807, 2.05) is 19.1 Å². The lowest BCUT2D eigenvalue weighted by Gasteiger charge is -2.14. The van der Waals surface area contributed by atoms with Gasteiger partial charge in [0.05, 0.1) is 5.56 Å². The molecule has 3 rings (SSSR count). The van der Waals surface area contributed by atoms with Crippen molar-refractivity contribution in [1.29, 1.82) is 0 Å². The largest absolute Gasteiger partial charge is 0.478 e. The predicted molar refractivity (Wildman–Crippen MR) is 97.5 cm³/mol. The zero-order valence-corrected chi connectivity index (χ0v) is 13.8. The Bertz CT molecular complexity index is 978. The number of fused-ring (bicyclic) bond motifs is 1. The van der Waals surface area contributed by atoms with Gasteiger partial charge >= 0.3 is 5.97 Å². The van der Waals surface area contributed by atoms with Crippen LogP contribution in [0.15, 0.2) is 48.7 Å². The second-order valence-electron chi connectivity index (χ2n) is 5.70. The maximum atomic E-state index is 11.6. The van der Waals surface area contributed by atoms with Crippen LogP contribution in [-0.4, -0.2) is 22.0 Å². The first-order chi connectivity index (χ1) is 12.0.